The number of hydrogen-bond donors (Lipinski definition) is 4. The molecule has 0 amide bonds. The number of rotatable bonds is 5. The molecule has 1 aliphatic carbocycles. The number of pyridine rings is 1. The van der Waals surface area contributed by atoms with Gasteiger partial charge >= 0.3 is 0 Å². The largest absolute Gasteiger partial charge is 0.391 e. The maximum atomic E-state index is 10.0. The van der Waals surface area contributed by atoms with Gasteiger partial charge in [-0.15, -0.1) is 0 Å². The van der Waals surface area contributed by atoms with Crippen molar-refractivity contribution in [3.8, 4) is 0 Å². The number of hydrogen-bond acceptors (Lipinski definition) is 8. The highest BCUT2D eigenvalue weighted by Crippen LogP contribution is 2.45. The van der Waals surface area contributed by atoms with Gasteiger partial charge in [0.15, 0.2) is 5.82 Å². The first kappa shape index (κ1) is 17.4. The molecule has 4 heterocycles. The summed E-state index contributed by atoms with van der Waals surface area (Å²) < 4.78 is 5.62. The van der Waals surface area contributed by atoms with Crippen LogP contribution in [0.5, 0.6) is 0 Å². The monoisotopic (exact) mass is 383 g/mol. The molecule has 148 valence electrons. The summed E-state index contributed by atoms with van der Waals surface area (Å²) >= 11 is 0. The van der Waals surface area contributed by atoms with E-state index in [1.54, 1.807) is 6.20 Å². The Morgan fingerprint density at radius 2 is 2.25 bits per heavy atom. The van der Waals surface area contributed by atoms with E-state index in [2.05, 4.69) is 32.2 Å². The Labute approximate surface area is 163 Å². The molecular weight excluding hydrogens is 358 g/mol. The zero-order chi connectivity index (χ0) is 19.3. The maximum Gasteiger partial charge on any atom is 0.153 e. The van der Waals surface area contributed by atoms with Crippen LogP contribution >= 0.6 is 0 Å². The fourth-order valence-electron chi connectivity index (χ4n) is 4.31. The summed E-state index contributed by atoms with van der Waals surface area (Å²) in [5.74, 6) is 2.23. The normalized spacial score (nSPS) is 26.3. The van der Waals surface area contributed by atoms with Gasteiger partial charge in [-0.1, -0.05) is 0 Å². The molecule has 2 aliphatic heterocycles. The first-order chi connectivity index (χ1) is 13.7. The highest BCUT2D eigenvalue weighted by atomic mass is 16.5. The summed E-state index contributed by atoms with van der Waals surface area (Å²) in [5.41, 5.74) is 2.94. The van der Waals surface area contributed by atoms with E-state index in [1.807, 2.05) is 6.07 Å². The van der Waals surface area contributed by atoms with Gasteiger partial charge in [0.05, 0.1) is 42.7 Å². The number of morpholine rings is 1. The topological polar surface area (TPSA) is 113 Å². The number of aliphatic hydroxyl groups is 1. The van der Waals surface area contributed by atoms with Crippen molar-refractivity contribution in [3.05, 3.63) is 23.4 Å². The molecule has 9 heteroatoms. The molecule has 0 bridgehead atoms. The number of aromatic nitrogens is 3. The first-order valence-electron chi connectivity index (χ1n) is 9.80. The molecule has 2 aromatic rings. The molecule has 1 saturated carbocycles. The summed E-state index contributed by atoms with van der Waals surface area (Å²) in [5, 5.41) is 28.4. The molecule has 4 N–H and O–H groups in total. The van der Waals surface area contributed by atoms with E-state index in [9.17, 15) is 5.11 Å². The van der Waals surface area contributed by atoms with Crippen molar-refractivity contribution >= 4 is 29.4 Å². The predicted molar refractivity (Wildman–Crippen MR) is 107 cm³/mol. The Balaban J connectivity index is 1.64. The lowest BCUT2D eigenvalue weighted by atomic mass is 10.1. The van der Waals surface area contributed by atoms with Crippen molar-refractivity contribution in [2.24, 2.45) is 0 Å². The number of ether oxygens (including phenoxy) is 1. The van der Waals surface area contributed by atoms with Gasteiger partial charge in [-0.3, -0.25) is 5.10 Å². The standard InChI is InChI=1S/C19H25N7O2/c1-11-10-28-7-6-25(11)19-12-3-5-26(14-8-15(14)27)17(12)13(9-20)18(23-19)22-16-2-4-21-24-16/h2,4,9,11,14-15,20,27H,3,5-8,10H2,1H3,(H2,21,22,23,24)/t11-,14?,15?/m1/s1. The minimum atomic E-state index is -0.286. The third kappa shape index (κ3) is 2.82. The number of fused-ring (bicyclic) bond motifs is 1. The van der Waals surface area contributed by atoms with Gasteiger partial charge < -0.3 is 30.4 Å². The lowest BCUT2D eigenvalue weighted by Crippen LogP contribution is -2.44. The van der Waals surface area contributed by atoms with E-state index in [0.717, 1.165) is 43.0 Å². The summed E-state index contributed by atoms with van der Waals surface area (Å²) in [6, 6.07) is 2.20. The average molecular weight is 383 g/mol. The molecular formula is C19H25N7O2. The Morgan fingerprint density at radius 1 is 1.39 bits per heavy atom. The van der Waals surface area contributed by atoms with E-state index < -0.39 is 0 Å². The van der Waals surface area contributed by atoms with Crippen LogP contribution in [0.3, 0.4) is 0 Å². The molecule has 28 heavy (non-hydrogen) atoms. The van der Waals surface area contributed by atoms with Crippen molar-refractivity contribution in [3.63, 3.8) is 0 Å². The third-order valence-electron chi connectivity index (χ3n) is 5.83. The second-order valence-electron chi connectivity index (χ2n) is 7.68. The molecule has 2 unspecified atom stereocenters. The summed E-state index contributed by atoms with van der Waals surface area (Å²) in [6.45, 7) is 5.14. The number of nitrogens with zero attached hydrogens (tertiary/aromatic N) is 4. The third-order valence-corrected chi connectivity index (χ3v) is 5.83. The number of aromatic amines is 1. The molecule has 1 saturated heterocycles. The van der Waals surface area contributed by atoms with Gasteiger partial charge in [0.1, 0.15) is 11.6 Å². The van der Waals surface area contributed by atoms with Crippen LogP contribution in [-0.4, -0.2) is 71.0 Å². The van der Waals surface area contributed by atoms with Crippen LogP contribution in [-0.2, 0) is 11.2 Å². The first-order valence-corrected chi connectivity index (χ1v) is 9.80. The van der Waals surface area contributed by atoms with Crippen LogP contribution < -0.4 is 15.1 Å². The van der Waals surface area contributed by atoms with Crippen LogP contribution in [0.1, 0.15) is 24.5 Å². The van der Waals surface area contributed by atoms with Crippen molar-refractivity contribution in [1.29, 1.82) is 5.41 Å². The maximum absolute atomic E-state index is 10.0. The SMILES string of the molecule is C[C@@H]1COCCN1c1nc(Nc2cc[nH]n2)c(C=N)c2c1CCN2C1CC1O. The van der Waals surface area contributed by atoms with Crippen LogP contribution in [0.15, 0.2) is 12.3 Å². The molecule has 0 spiro atoms. The summed E-state index contributed by atoms with van der Waals surface area (Å²) in [7, 11) is 0. The second kappa shape index (κ2) is 6.75. The minimum Gasteiger partial charge on any atom is -0.391 e. The van der Waals surface area contributed by atoms with E-state index >= 15 is 0 Å². The second-order valence-corrected chi connectivity index (χ2v) is 7.68. The van der Waals surface area contributed by atoms with Crippen LogP contribution in [0.25, 0.3) is 0 Å². The zero-order valence-corrected chi connectivity index (χ0v) is 15.9. The molecule has 0 radical (unpaired) electrons. The minimum absolute atomic E-state index is 0.135. The van der Waals surface area contributed by atoms with Gasteiger partial charge in [-0.2, -0.15) is 5.10 Å². The van der Waals surface area contributed by atoms with Gasteiger partial charge in [0.25, 0.3) is 0 Å². The van der Waals surface area contributed by atoms with Crippen molar-refractivity contribution < 1.29 is 9.84 Å². The van der Waals surface area contributed by atoms with Crippen LogP contribution in [0, 0.1) is 5.41 Å². The highest BCUT2D eigenvalue weighted by Gasteiger charge is 2.45. The molecule has 2 aromatic heterocycles. The Kier molecular flexibility index (Phi) is 4.21. The predicted octanol–water partition coefficient (Wildman–Crippen LogP) is 1.27. The van der Waals surface area contributed by atoms with Gasteiger partial charge in [0.2, 0.25) is 0 Å². The fraction of sp³-hybridized carbons (Fsp3) is 0.526. The fourth-order valence-corrected chi connectivity index (χ4v) is 4.31. The number of aliphatic hydroxyl groups excluding tert-OH is 1. The van der Waals surface area contributed by atoms with E-state index in [0.29, 0.717) is 24.8 Å². The van der Waals surface area contributed by atoms with Gasteiger partial charge in [0, 0.05) is 37.1 Å². The summed E-state index contributed by atoms with van der Waals surface area (Å²) in [6.07, 6.45) is 4.48. The molecule has 2 fully saturated rings. The number of anilines is 4. The zero-order valence-electron chi connectivity index (χ0n) is 15.9. The van der Waals surface area contributed by atoms with Crippen molar-refractivity contribution in [2.75, 3.05) is 41.4 Å². The van der Waals surface area contributed by atoms with E-state index in [4.69, 9.17) is 15.1 Å². The Morgan fingerprint density at radius 3 is 2.93 bits per heavy atom. The smallest absolute Gasteiger partial charge is 0.153 e. The molecule has 0 aromatic carbocycles. The van der Waals surface area contributed by atoms with Gasteiger partial charge in [-0.25, -0.2) is 4.98 Å². The molecule has 9 nitrogen and oxygen atoms in total. The van der Waals surface area contributed by atoms with E-state index in [1.165, 1.54) is 11.8 Å². The molecule has 5 rings (SSSR count). The lowest BCUT2D eigenvalue weighted by Gasteiger charge is -2.36. The average Bonchev–Trinajstić information content (AvgIpc) is 3.10. The molecule has 3 atom stereocenters. The summed E-state index contributed by atoms with van der Waals surface area (Å²) in [4.78, 5) is 9.52. The quantitative estimate of drug-likeness (QED) is 0.575. The number of nitrogens with one attached hydrogen (secondary N) is 3. The molecule has 3 aliphatic rings. The lowest BCUT2D eigenvalue weighted by molar-refractivity contribution is 0.0985. The highest BCUT2D eigenvalue weighted by molar-refractivity contribution is 5.97. The number of H-pyrrole nitrogens is 1. The Bertz CT molecular complexity index is 885. The van der Waals surface area contributed by atoms with Gasteiger partial charge in [-0.05, 0) is 19.8 Å². The van der Waals surface area contributed by atoms with Crippen LogP contribution in [0.4, 0.5) is 23.1 Å². The van der Waals surface area contributed by atoms with Crippen LogP contribution in [0.2, 0.25) is 0 Å². The Hall–Kier alpha value is -2.65. The van der Waals surface area contributed by atoms with E-state index in [-0.39, 0.29) is 18.2 Å². The van der Waals surface area contributed by atoms with Crippen molar-refractivity contribution in [2.45, 2.75) is 38.0 Å². The van der Waals surface area contributed by atoms with Crippen molar-refractivity contribution in [1.82, 2.24) is 15.2 Å².